The minimum Gasteiger partial charge on any atom is -0.462 e. The smallest absolute Gasteiger partial charge is 0.350 e. The zero-order valence-corrected chi connectivity index (χ0v) is 16.1. The van der Waals surface area contributed by atoms with Gasteiger partial charge >= 0.3 is 5.97 Å². The highest BCUT2D eigenvalue weighted by Crippen LogP contribution is 2.50. The van der Waals surface area contributed by atoms with Gasteiger partial charge in [-0.15, -0.1) is 0 Å². The van der Waals surface area contributed by atoms with Crippen LogP contribution in [0.2, 0.25) is 0 Å². The number of ether oxygens (including phenoxy) is 1. The summed E-state index contributed by atoms with van der Waals surface area (Å²) in [5.74, 6) is -0.587. The normalized spacial score (nSPS) is 21.0. The van der Waals surface area contributed by atoms with Crippen LogP contribution in [0.25, 0.3) is 0 Å². The van der Waals surface area contributed by atoms with Gasteiger partial charge in [0, 0.05) is 12.0 Å². The number of carbonyl (C=O) groups is 2. The number of benzene rings is 1. The highest BCUT2D eigenvalue weighted by Gasteiger charge is 2.49. The van der Waals surface area contributed by atoms with Crippen molar-refractivity contribution in [2.24, 2.45) is 5.92 Å². The van der Waals surface area contributed by atoms with Crippen LogP contribution in [0, 0.1) is 18.7 Å². The van der Waals surface area contributed by atoms with Crippen molar-refractivity contribution in [3.8, 4) is 0 Å². The van der Waals surface area contributed by atoms with Crippen molar-refractivity contribution in [3.05, 3.63) is 46.2 Å². The minimum atomic E-state index is -0.391. The number of halogens is 1. The first kappa shape index (κ1) is 18.1. The Morgan fingerprint density at radius 3 is 2.63 bits per heavy atom. The number of amides is 1. The zero-order chi connectivity index (χ0) is 19.1. The van der Waals surface area contributed by atoms with E-state index in [4.69, 9.17) is 4.74 Å². The number of aryl methyl sites for hydroxylation is 1. The fourth-order valence-electron chi connectivity index (χ4n) is 3.36. The summed E-state index contributed by atoms with van der Waals surface area (Å²) in [6.07, 6.45) is 2.67. The van der Waals surface area contributed by atoms with Crippen LogP contribution in [0.15, 0.2) is 24.3 Å². The van der Waals surface area contributed by atoms with Gasteiger partial charge in [-0.1, -0.05) is 23.5 Å². The van der Waals surface area contributed by atoms with Gasteiger partial charge in [0.15, 0.2) is 5.13 Å². The van der Waals surface area contributed by atoms with Gasteiger partial charge in [-0.25, -0.2) is 14.2 Å². The lowest BCUT2D eigenvalue weighted by Gasteiger charge is -2.19. The number of esters is 1. The van der Waals surface area contributed by atoms with Crippen LogP contribution in [0.4, 0.5) is 9.52 Å². The van der Waals surface area contributed by atoms with Crippen LogP contribution < -0.4 is 4.90 Å². The molecule has 2 aliphatic carbocycles. The molecule has 0 spiro atoms. The Labute approximate surface area is 161 Å². The molecular weight excluding hydrogens is 367 g/mol. The molecule has 2 saturated carbocycles. The van der Waals surface area contributed by atoms with Gasteiger partial charge in [0.05, 0.1) is 12.3 Å². The van der Waals surface area contributed by atoms with Crippen molar-refractivity contribution in [2.45, 2.75) is 45.1 Å². The highest BCUT2D eigenvalue weighted by atomic mass is 32.1. The molecule has 1 amide bonds. The Hall–Kier alpha value is -2.28. The molecule has 2 unspecified atom stereocenters. The van der Waals surface area contributed by atoms with Crippen molar-refractivity contribution in [1.29, 1.82) is 0 Å². The maximum atomic E-state index is 13.2. The zero-order valence-electron chi connectivity index (χ0n) is 15.3. The lowest BCUT2D eigenvalue weighted by molar-refractivity contribution is -0.120. The van der Waals surface area contributed by atoms with E-state index in [0.717, 1.165) is 24.8 Å². The molecule has 4 rings (SSSR count). The van der Waals surface area contributed by atoms with Gasteiger partial charge in [0.2, 0.25) is 5.91 Å². The lowest BCUT2D eigenvalue weighted by Crippen LogP contribution is -2.34. The summed E-state index contributed by atoms with van der Waals surface area (Å²) >= 11 is 1.23. The molecule has 0 bridgehead atoms. The first-order chi connectivity index (χ1) is 13.0. The quantitative estimate of drug-likeness (QED) is 0.700. The number of thiazole rings is 1. The number of rotatable bonds is 6. The lowest BCUT2D eigenvalue weighted by atomic mass is 10.1. The van der Waals surface area contributed by atoms with Crippen molar-refractivity contribution in [2.75, 3.05) is 11.5 Å². The van der Waals surface area contributed by atoms with Crippen molar-refractivity contribution < 1.29 is 18.7 Å². The van der Waals surface area contributed by atoms with Gasteiger partial charge in [0.25, 0.3) is 0 Å². The SMILES string of the molecule is CCOC(=O)c1sc(N(C(=O)C2CC2c2ccc(F)cc2)C2CC2)nc1C. The van der Waals surface area contributed by atoms with E-state index >= 15 is 0 Å². The second kappa shape index (κ2) is 7.03. The Morgan fingerprint density at radius 2 is 2.00 bits per heavy atom. The van der Waals surface area contributed by atoms with Gasteiger partial charge in [-0.3, -0.25) is 9.69 Å². The van der Waals surface area contributed by atoms with E-state index in [1.807, 2.05) is 0 Å². The fourth-order valence-corrected chi connectivity index (χ4v) is 4.40. The maximum Gasteiger partial charge on any atom is 0.350 e. The molecule has 7 heteroatoms. The summed E-state index contributed by atoms with van der Waals surface area (Å²) in [6.45, 7) is 3.83. The first-order valence-corrected chi connectivity index (χ1v) is 10.0. The van der Waals surface area contributed by atoms with E-state index in [1.165, 1.54) is 23.5 Å². The van der Waals surface area contributed by atoms with Gasteiger partial charge in [-0.2, -0.15) is 0 Å². The molecule has 142 valence electrons. The summed E-state index contributed by atoms with van der Waals surface area (Å²) in [4.78, 5) is 32.0. The molecule has 0 aliphatic heterocycles. The van der Waals surface area contributed by atoms with Gasteiger partial charge in [-0.05, 0) is 56.7 Å². The summed E-state index contributed by atoms with van der Waals surface area (Å²) in [5.41, 5.74) is 1.59. The molecule has 0 N–H and O–H groups in total. The molecule has 0 saturated heterocycles. The molecule has 0 radical (unpaired) electrons. The third-order valence-electron chi connectivity index (χ3n) is 5.01. The molecule has 1 aromatic carbocycles. The Balaban J connectivity index is 1.54. The fraction of sp³-hybridized carbons (Fsp3) is 0.450. The predicted molar refractivity (Wildman–Crippen MR) is 101 cm³/mol. The Bertz CT molecular complexity index is 876. The number of hydrogen-bond acceptors (Lipinski definition) is 5. The third-order valence-corrected chi connectivity index (χ3v) is 6.14. The summed E-state index contributed by atoms with van der Waals surface area (Å²) in [6, 6.07) is 6.53. The Morgan fingerprint density at radius 1 is 1.30 bits per heavy atom. The first-order valence-electron chi connectivity index (χ1n) is 9.22. The molecule has 2 aliphatic rings. The molecule has 2 atom stereocenters. The molecule has 1 aromatic heterocycles. The highest BCUT2D eigenvalue weighted by molar-refractivity contribution is 7.17. The van der Waals surface area contributed by atoms with E-state index in [1.54, 1.807) is 30.9 Å². The van der Waals surface area contributed by atoms with Crippen LogP contribution in [-0.2, 0) is 9.53 Å². The molecular formula is C20H21FN2O3S. The van der Waals surface area contributed by atoms with Crippen molar-refractivity contribution >= 4 is 28.3 Å². The molecule has 2 aromatic rings. The summed E-state index contributed by atoms with van der Waals surface area (Å²) in [7, 11) is 0. The summed E-state index contributed by atoms with van der Waals surface area (Å²) < 4.78 is 18.2. The maximum absolute atomic E-state index is 13.2. The van der Waals surface area contributed by atoms with Gasteiger partial charge in [0.1, 0.15) is 10.7 Å². The number of carbonyl (C=O) groups excluding carboxylic acids is 2. The summed E-state index contributed by atoms with van der Waals surface area (Å²) in [5, 5.41) is 0.577. The number of nitrogens with zero attached hydrogens (tertiary/aromatic N) is 2. The minimum absolute atomic E-state index is 0.0518. The van der Waals surface area contributed by atoms with Crippen LogP contribution in [0.1, 0.15) is 53.0 Å². The van der Waals surface area contributed by atoms with E-state index in [0.29, 0.717) is 22.3 Å². The third kappa shape index (κ3) is 3.60. The predicted octanol–water partition coefficient (Wildman–Crippen LogP) is 4.07. The standard InChI is InChI=1S/C20H21FN2O3S/c1-3-26-19(25)17-11(2)22-20(27-17)23(14-8-9-14)18(24)16-10-15(16)12-4-6-13(21)7-5-12/h4-7,14-16H,3,8-10H2,1-2H3. The molecule has 5 nitrogen and oxygen atoms in total. The number of aromatic nitrogens is 1. The van der Waals surface area contributed by atoms with Gasteiger partial charge < -0.3 is 4.74 Å². The van der Waals surface area contributed by atoms with Crippen LogP contribution >= 0.6 is 11.3 Å². The van der Waals surface area contributed by atoms with E-state index < -0.39 is 5.97 Å². The van der Waals surface area contributed by atoms with Crippen molar-refractivity contribution in [1.82, 2.24) is 4.98 Å². The van der Waals surface area contributed by atoms with Crippen LogP contribution in [-0.4, -0.2) is 29.5 Å². The van der Waals surface area contributed by atoms with E-state index in [2.05, 4.69) is 4.98 Å². The second-order valence-corrected chi connectivity index (χ2v) is 8.05. The topological polar surface area (TPSA) is 59.5 Å². The second-order valence-electron chi connectivity index (χ2n) is 7.07. The molecule has 27 heavy (non-hydrogen) atoms. The molecule has 2 fully saturated rings. The number of anilines is 1. The number of hydrogen-bond donors (Lipinski definition) is 0. The van der Waals surface area contributed by atoms with E-state index in [9.17, 15) is 14.0 Å². The van der Waals surface area contributed by atoms with Crippen LogP contribution in [0.5, 0.6) is 0 Å². The average Bonchev–Trinajstić information content (AvgIpc) is 3.54. The van der Waals surface area contributed by atoms with Crippen LogP contribution in [0.3, 0.4) is 0 Å². The Kier molecular flexibility index (Phi) is 4.72. The van der Waals surface area contributed by atoms with E-state index in [-0.39, 0.29) is 29.6 Å². The van der Waals surface area contributed by atoms with Crippen molar-refractivity contribution in [3.63, 3.8) is 0 Å². The average molecular weight is 388 g/mol. The largest absolute Gasteiger partial charge is 0.462 e. The molecule has 1 heterocycles. The monoisotopic (exact) mass is 388 g/mol.